The highest BCUT2D eigenvalue weighted by Crippen LogP contribution is 2.47. The molecule has 0 heterocycles. The van der Waals surface area contributed by atoms with Crippen LogP contribution in [0.5, 0.6) is 0 Å². The van der Waals surface area contributed by atoms with Gasteiger partial charge in [0.2, 0.25) is 0 Å². The maximum absolute atomic E-state index is 3.98. The first-order chi connectivity index (χ1) is 9.56. The Morgan fingerprint density at radius 2 is 1.90 bits per heavy atom. The summed E-state index contributed by atoms with van der Waals surface area (Å²) in [5.74, 6) is 0.800. The van der Waals surface area contributed by atoms with E-state index in [2.05, 4.69) is 72.2 Å². The van der Waals surface area contributed by atoms with Gasteiger partial charge in [-0.2, -0.15) is 0 Å². The van der Waals surface area contributed by atoms with Crippen molar-refractivity contribution in [1.29, 1.82) is 0 Å². The predicted octanol–water partition coefficient (Wildman–Crippen LogP) is 5.97. The molecular formula is C19H23Br. The standard InChI is InChI=1S/C19H23Br/c1-19(2)11-5-8-17(19)18(20)13-14-9-10-15-6-3-4-7-16(15)12-14/h3-4,6-7,9-10,12,17-18H,5,8,11,13H2,1-2H3. The zero-order valence-corrected chi connectivity index (χ0v) is 14.0. The Hall–Kier alpha value is -0.820. The van der Waals surface area contributed by atoms with Crippen LogP contribution >= 0.6 is 15.9 Å². The lowest BCUT2D eigenvalue weighted by molar-refractivity contribution is 0.255. The fourth-order valence-electron chi connectivity index (χ4n) is 3.76. The number of benzene rings is 2. The Morgan fingerprint density at radius 1 is 1.15 bits per heavy atom. The summed E-state index contributed by atoms with van der Waals surface area (Å²) in [6.07, 6.45) is 5.27. The summed E-state index contributed by atoms with van der Waals surface area (Å²) >= 11 is 3.98. The van der Waals surface area contributed by atoms with Crippen LogP contribution in [0.1, 0.15) is 38.7 Å². The summed E-state index contributed by atoms with van der Waals surface area (Å²) in [5, 5.41) is 2.69. The molecule has 1 fully saturated rings. The van der Waals surface area contributed by atoms with Crippen molar-refractivity contribution in [2.75, 3.05) is 0 Å². The van der Waals surface area contributed by atoms with Crippen LogP contribution in [-0.2, 0) is 6.42 Å². The highest BCUT2D eigenvalue weighted by Gasteiger charge is 2.38. The van der Waals surface area contributed by atoms with Crippen molar-refractivity contribution in [1.82, 2.24) is 0 Å². The maximum atomic E-state index is 3.98. The average molecular weight is 331 g/mol. The summed E-state index contributed by atoms with van der Waals surface area (Å²) in [6, 6.07) is 15.5. The highest BCUT2D eigenvalue weighted by atomic mass is 79.9. The summed E-state index contributed by atoms with van der Waals surface area (Å²) in [4.78, 5) is 0.598. The van der Waals surface area contributed by atoms with Crippen LogP contribution in [0.3, 0.4) is 0 Å². The molecule has 0 nitrogen and oxygen atoms in total. The van der Waals surface area contributed by atoms with Gasteiger partial charge in [0.05, 0.1) is 0 Å². The van der Waals surface area contributed by atoms with Crippen LogP contribution in [0.25, 0.3) is 10.8 Å². The van der Waals surface area contributed by atoms with Crippen molar-refractivity contribution in [2.24, 2.45) is 11.3 Å². The Balaban J connectivity index is 1.79. The number of halogens is 1. The van der Waals surface area contributed by atoms with Gasteiger partial charge in [0, 0.05) is 4.83 Å². The third kappa shape index (κ3) is 2.79. The summed E-state index contributed by atoms with van der Waals surface area (Å²) in [5.41, 5.74) is 1.94. The number of alkyl halides is 1. The van der Waals surface area contributed by atoms with E-state index in [1.807, 2.05) is 0 Å². The number of fused-ring (bicyclic) bond motifs is 1. The zero-order chi connectivity index (χ0) is 14.2. The van der Waals surface area contributed by atoms with Gasteiger partial charge < -0.3 is 0 Å². The molecule has 1 saturated carbocycles. The molecule has 0 saturated heterocycles. The third-order valence-electron chi connectivity index (χ3n) is 5.02. The topological polar surface area (TPSA) is 0 Å². The quantitative estimate of drug-likeness (QED) is 0.608. The Kier molecular flexibility index (Phi) is 3.90. The first kappa shape index (κ1) is 14.1. The van der Waals surface area contributed by atoms with Gasteiger partial charge in [0.1, 0.15) is 0 Å². The molecule has 3 rings (SSSR count). The van der Waals surface area contributed by atoms with E-state index < -0.39 is 0 Å². The number of hydrogen-bond donors (Lipinski definition) is 0. The van der Waals surface area contributed by atoms with Crippen molar-refractivity contribution in [3.05, 3.63) is 48.0 Å². The molecule has 2 aromatic rings. The van der Waals surface area contributed by atoms with Gasteiger partial charge in [0.15, 0.2) is 0 Å². The molecule has 0 aliphatic heterocycles. The zero-order valence-electron chi connectivity index (χ0n) is 12.4. The average Bonchev–Trinajstić information content (AvgIpc) is 2.78. The minimum atomic E-state index is 0.491. The van der Waals surface area contributed by atoms with E-state index in [9.17, 15) is 0 Å². The van der Waals surface area contributed by atoms with Crippen LogP contribution in [0.15, 0.2) is 42.5 Å². The molecule has 0 radical (unpaired) electrons. The molecule has 0 spiro atoms. The summed E-state index contributed by atoms with van der Waals surface area (Å²) in [7, 11) is 0. The van der Waals surface area contributed by atoms with E-state index in [1.54, 1.807) is 0 Å². The molecule has 106 valence electrons. The van der Waals surface area contributed by atoms with Gasteiger partial charge in [-0.15, -0.1) is 0 Å². The van der Waals surface area contributed by atoms with E-state index in [0.717, 1.165) is 12.3 Å². The normalized spacial score (nSPS) is 23.1. The minimum absolute atomic E-state index is 0.491. The van der Waals surface area contributed by atoms with Crippen LogP contribution in [-0.4, -0.2) is 4.83 Å². The monoisotopic (exact) mass is 330 g/mol. The lowest BCUT2D eigenvalue weighted by atomic mass is 9.78. The van der Waals surface area contributed by atoms with Crippen LogP contribution < -0.4 is 0 Å². The minimum Gasteiger partial charge on any atom is -0.0884 e. The summed E-state index contributed by atoms with van der Waals surface area (Å²) < 4.78 is 0. The van der Waals surface area contributed by atoms with Crippen molar-refractivity contribution < 1.29 is 0 Å². The van der Waals surface area contributed by atoms with Crippen LogP contribution in [0, 0.1) is 11.3 Å². The molecule has 0 aromatic heterocycles. The lowest BCUT2D eigenvalue weighted by Crippen LogP contribution is -2.27. The Morgan fingerprint density at radius 3 is 2.60 bits per heavy atom. The van der Waals surface area contributed by atoms with Gasteiger partial charge >= 0.3 is 0 Å². The Bertz CT molecular complexity index is 599. The first-order valence-corrected chi connectivity index (χ1v) is 8.59. The molecule has 1 heteroatoms. The van der Waals surface area contributed by atoms with Gasteiger partial charge in [-0.25, -0.2) is 0 Å². The van der Waals surface area contributed by atoms with E-state index in [4.69, 9.17) is 0 Å². The van der Waals surface area contributed by atoms with Crippen molar-refractivity contribution in [3.8, 4) is 0 Å². The third-order valence-corrected chi connectivity index (χ3v) is 5.98. The Labute approximate surface area is 130 Å². The SMILES string of the molecule is CC1(C)CCCC1C(Br)Cc1ccc2ccccc2c1. The van der Waals surface area contributed by atoms with E-state index in [-0.39, 0.29) is 0 Å². The lowest BCUT2D eigenvalue weighted by Gasteiger charge is -2.31. The van der Waals surface area contributed by atoms with Gasteiger partial charge in [0.25, 0.3) is 0 Å². The predicted molar refractivity (Wildman–Crippen MR) is 91.5 cm³/mol. The molecule has 0 N–H and O–H groups in total. The smallest absolute Gasteiger partial charge is 0.0219 e. The fourth-order valence-corrected chi connectivity index (χ4v) is 5.11. The number of rotatable bonds is 3. The van der Waals surface area contributed by atoms with Gasteiger partial charge in [-0.05, 0) is 46.9 Å². The second kappa shape index (κ2) is 5.52. The molecule has 2 aromatic carbocycles. The number of hydrogen-bond acceptors (Lipinski definition) is 0. The largest absolute Gasteiger partial charge is 0.0884 e. The molecule has 2 atom stereocenters. The summed E-state index contributed by atoms with van der Waals surface area (Å²) in [6.45, 7) is 4.86. The van der Waals surface area contributed by atoms with E-state index in [1.165, 1.54) is 35.6 Å². The second-order valence-corrected chi connectivity index (χ2v) is 8.07. The van der Waals surface area contributed by atoms with E-state index in [0.29, 0.717) is 10.2 Å². The van der Waals surface area contributed by atoms with E-state index >= 15 is 0 Å². The van der Waals surface area contributed by atoms with Crippen molar-refractivity contribution >= 4 is 26.7 Å². The highest BCUT2D eigenvalue weighted by molar-refractivity contribution is 9.09. The molecule has 1 aliphatic carbocycles. The molecule has 0 amide bonds. The first-order valence-electron chi connectivity index (χ1n) is 7.68. The molecular weight excluding hydrogens is 308 g/mol. The maximum Gasteiger partial charge on any atom is 0.0219 e. The van der Waals surface area contributed by atoms with Crippen LogP contribution in [0.2, 0.25) is 0 Å². The van der Waals surface area contributed by atoms with Gasteiger partial charge in [-0.1, -0.05) is 78.7 Å². The second-order valence-electron chi connectivity index (χ2n) is 6.89. The van der Waals surface area contributed by atoms with Crippen molar-refractivity contribution in [2.45, 2.75) is 44.4 Å². The van der Waals surface area contributed by atoms with Crippen LogP contribution in [0.4, 0.5) is 0 Å². The molecule has 2 unspecified atom stereocenters. The molecule has 1 aliphatic rings. The van der Waals surface area contributed by atoms with Gasteiger partial charge in [-0.3, -0.25) is 0 Å². The molecule has 0 bridgehead atoms. The van der Waals surface area contributed by atoms with Crippen molar-refractivity contribution in [3.63, 3.8) is 0 Å². The molecule has 20 heavy (non-hydrogen) atoms. The fraction of sp³-hybridized carbons (Fsp3) is 0.474.